The normalized spacial score (nSPS) is 22.7. The molecule has 0 unspecified atom stereocenters. The number of rotatable bonds is 3. The molecule has 1 fully saturated rings. The Kier molecular flexibility index (Phi) is 3.97. The van der Waals surface area contributed by atoms with Crippen LogP contribution < -0.4 is 4.72 Å². The lowest BCUT2D eigenvalue weighted by molar-refractivity contribution is 0.0712. The summed E-state index contributed by atoms with van der Waals surface area (Å²) >= 11 is 0. The number of sulfonamides is 1. The van der Waals surface area contributed by atoms with Gasteiger partial charge in [0, 0.05) is 6.04 Å². The van der Waals surface area contributed by atoms with Gasteiger partial charge in [-0.25, -0.2) is 13.1 Å². The first kappa shape index (κ1) is 15.5. The summed E-state index contributed by atoms with van der Waals surface area (Å²) < 4.78 is 27.9. The molecular weight excluding hydrogens is 274 g/mol. The molecule has 0 amide bonds. The first-order valence-electron chi connectivity index (χ1n) is 6.92. The Morgan fingerprint density at radius 2 is 1.30 bits per heavy atom. The second-order valence-corrected chi connectivity index (χ2v) is 7.55. The summed E-state index contributed by atoms with van der Waals surface area (Å²) in [7, 11) is -3.53. The fraction of sp³-hybridized carbons (Fsp3) is 0.600. The number of aliphatic hydroxyl groups excluding tert-OH is 1. The molecule has 1 aromatic carbocycles. The number of benzene rings is 1. The molecule has 1 aliphatic rings. The summed E-state index contributed by atoms with van der Waals surface area (Å²) in [4.78, 5) is 0.402. The fourth-order valence-electron chi connectivity index (χ4n) is 2.83. The second-order valence-electron chi connectivity index (χ2n) is 5.90. The molecule has 112 valence electrons. The summed E-state index contributed by atoms with van der Waals surface area (Å²) in [5.41, 5.74) is 4.85. The molecule has 0 aromatic heterocycles. The lowest BCUT2D eigenvalue weighted by atomic mass is 9.91. The third-order valence-corrected chi connectivity index (χ3v) is 6.43. The van der Waals surface area contributed by atoms with E-state index >= 15 is 0 Å². The van der Waals surface area contributed by atoms with E-state index in [2.05, 4.69) is 4.72 Å². The van der Waals surface area contributed by atoms with E-state index in [0.29, 0.717) is 17.7 Å². The van der Waals surface area contributed by atoms with Crippen molar-refractivity contribution in [3.63, 3.8) is 0 Å². The van der Waals surface area contributed by atoms with Crippen molar-refractivity contribution in [3.8, 4) is 0 Å². The van der Waals surface area contributed by atoms with E-state index < -0.39 is 10.0 Å². The topological polar surface area (TPSA) is 66.4 Å². The van der Waals surface area contributed by atoms with Crippen molar-refractivity contribution in [1.29, 1.82) is 0 Å². The zero-order valence-electron chi connectivity index (χ0n) is 12.7. The summed E-state index contributed by atoms with van der Waals surface area (Å²) in [5, 5.41) is 9.28. The minimum Gasteiger partial charge on any atom is -0.393 e. The van der Waals surface area contributed by atoms with Gasteiger partial charge in [0.15, 0.2) is 0 Å². The van der Waals surface area contributed by atoms with Gasteiger partial charge in [0.05, 0.1) is 11.0 Å². The molecule has 0 radical (unpaired) electrons. The van der Waals surface area contributed by atoms with E-state index in [0.717, 1.165) is 27.8 Å². The third kappa shape index (κ3) is 2.50. The maximum Gasteiger partial charge on any atom is 0.241 e. The van der Waals surface area contributed by atoms with Gasteiger partial charge in [-0.2, -0.15) is 0 Å². The van der Waals surface area contributed by atoms with E-state index in [9.17, 15) is 13.5 Å². The summed E-state index contributed by atoms with van der Waals surface area (Å²) in [6.45, 7) is 9.67. The number of hydrogen-bond acceptors (Lipinski definition) is 3. The van der Waals surface area contributed by atoms with Crippen LogP contribution in [0.3, 0.4) is 0 Å². The van der Waals surface area contributed by atoms with Gasteiger partial charge in [0.1, 0.15) is 0 Å². The van der Waals surface area contributed by atoms with Gasteiger partial charge in [-0.15, -0.1) is 0 Å². The largest absolute Gasteiger partial charge is 0.393 e. The zero-order chi connectivity index (χ0) is 15.2. The molecule has 2 N–H and O–H groups in total. The van der Waals surface area contributed by atoms with Crippen LogP contribution in [0.15, 0.2) is 4.90 Å². The molecule has 0 atom stereocenters. The van der Waals surface area contributed by atoms with Gasteiger partial charge < -0.3 is 5.11 Å². The average molecular weight is 297 g/mol. The first-order valence-corrected chi connectivity index (χ1v) is 8.40. The van der Waals surface area contributed by atoms with Crippen LogP contribution >= 0.6 is 0 Å². The molecule has 0 bridgehead atoms. The Morgan fingerprint density at radius 3 is 1.70 bits per heavy atom. The van der Waals surface area contributed by atoms with Gasteiger partial charge in [-0.1, -0.05) is 0 Å². The molecule has 4 nitrogen and oxygen atoms in total. The molecule has 20 heavy (non-hydrogen) atoms. The minimum absolute atomic E-state index is 0.143. The second kappa shape index (κ2) is 5.13. The quantitative estimate of drug-likeness (QED) is 0.897. The van der Waals surface area contributed by atoms with Crippen LogP contribution in [0.4, 0.5) is 0 Å². The molecule has 1 saturated carbocycles. The van der Waals surface area contributed by atoms with Gasteiger partial charge in [0.25, 0.3) is 0 Å². The fourth-order valence-corrected chi connectivity index (χ4v) is 4.69. The van der Waals surface area contributed by atoms with Gasteiger partial charge in [0.2, 0.25) is 10.0 Å². The SMILES string of the molecule is Cc1c(C)c(C)c(S(=O)(=O)NC2CC(O)C2)c(C)c1C. The van der Waals surface area contributed by atoms with E-state index in [1.165, 1.54) is 0 Å². The highest BCUT2D eigenvalue weighted by molar-refractivity contribution is 7.89. The Bertz CT molecular complexity index is 615. The van der Waals surface area contributed by atoms with Crippen LogP contribution in [0.25, 0.3) is 0 Å². The Balaban J connectivity index is 2.46. The maximum absolute atomic E-state index is 12.6. The highest BCUT2D eigenvalue weighted by Crippen LogP contribution is 2.30. The summed E-state index contributed by atoms with van der Waals surface area (Å²) in [6.07, 6.45) is 0.633. The minimum atomic E-state index is -3.53. The molecule has 1 aliphatic carbocycles. The van der Waals surface area contributed by atoms with Crippen LogP contribution in [-0.2, 0) is 10.0 Å². The number of hydrogen-bond donors (Lipinski definition) is 2. The Hall–Kier alpha value is -0.910. The van der Waals surface area contributed by atoms with E-state index in [1.54, 1.807) is 0 Å². The highest BCUT2D eigenvalue weighted by atomic mass is 32.2. The third-order valence-electron chi connectivity index (χ3n) is 4.63. The molecule has 0 aliphatic heterocycles. The molecule has 0 spiro atoms. The zero-order valence-corrected chi connectivity index (χ0v) is 13.6. The van der Waals surface area contributed by atoms with Crippen LogP contribution in [0.1, 0.15) is 40.7 Å². The first-order chi connectivity index (χ1) is 9.15. The number of aliphatic hydroxyl groups is 1. The van der Waals surface area contributed by atoms with E-state index in [1.807, 2.05) is 34.6 Å². The monoisotopic (exact) mass is 297 g/mol. The van der Waals surface area contributed by atoms with Crippen LogP contribution in [0, 0.1) is 34.6 Å². The Labute approximate surface area is 121 Å². The predicted molar refractivity (Wildman–Crippen MR) is 79.5 cm³/mol. The van der Waals surface area contributed by atoms with Gasteiger partial charge in [-0.05, 0) is 75.3 Å². The van der Waals surface area contributed by atoms with Crippen molar-refractivity contribution >= 4 is 10.0 Å². The summed E-state index contributed by atoms with van der Waals surface area (Å²) in [5.74, 6) is 0. The van der Waals surface area contributed by atoms with Crippen molar-refractivity contribution < 1.29 is 13.5 Å². The van der Waals surface area contributed by atoms with Crippen molar-refractivity contribution in [2.75, 3.05) is 0 Å². The lowest BCUT2D eigenvalue weighted by Gasteiger charge is -2.32. The molecule has 2 rings (SSSR count). The Morgan fingerprint density at radius 1 is 0.900 bits per heavy atom. The van der Waals surface area contributed by atoms with E-state index in [4.69, 9.17) is 0 Å². The lowest BCUT2D eigenvalue weighted by Crippen LogP contribution is -2.46. The van der Waals surface area contributed by atoms with Crippen molar-refractivity contribution in [3.05, 3.63) is 27.8 Å². The van der Waals surface area contributed by atoms with Crippen molar-refractivity contribution in [2.24, 2.45) is 0 Å². The van der Waals surface area contributed by atoms with Crippen molar-refractivity contribution in [2.45, 2.75) is 64.5 Å². The maximum atomic E-state index is 12.6. The van der Waals surface area contributed by atoms with E-state index in [-0.39, 0.29) is 12.1 Å². The van der Waals surface area contributed by atoms with Crippen LogP contribution in [0.5, 0.6) is 0 Å². The van der Waals surface area contributed by atoms with Crippen LogP contribution in [-0.4, -0.2) is 25.7 Å². The van der Waals surface area contributed by atoms with Crippen LogP contribution in [0.2, 0.25) is 0 Å². The summed E-state index contributed by atoms with van der Waals surface area (Å²) in [6, 6.07) is -0.143. The predicted octanol–water partition coefficient (Wildman–Crippen LogP) is 2.03. The molecule has 0 heterocycles. The average Bonchev–Trinajstić information content (AvgIpc) is 2.31. The van der Waals surface area contributed by atoms with Crippen molar-refractivity contribution in [1.82, 2.24) is 4.72 Å². The molecule has 5 heteroatoms. The smallest absolute Gasteiger partial charge is 0.241 e. The molecular formula is C15H23NO3S. The standard InChI is InChI=1S/C15H23NO3S/c1-8-9(2)11(4)15(12(5)10(8)3)20(18,19)16-13-6-14(17)7-13/h13-14,16-17H,6-7H2,1-5H3. The molecule has 0 saturated heterocycles. The molecule has 1 aromatic rings. The van der Waals surface area contributed by atoms with Gasteiger partial charge >= 0.3 is 0 Å². The van der Waals surface area contributed by atoms with Gasteiger partial charge in [-0.3, -0.25) is 0 Å². The number of nitrogens with one attached hydrogen (secondary N) is 1. The highest BCUT2D eigenvalue weighted by Gasteiger charge is 2.33.